The zero-order chi connectivity index (χ0) is 16.4. The highest BCUT2D eigenvalue weighted by Gasteiger charge is 2.26. The molecule has 0 amide bonds. The number of ether oxygens (including phenoxy) is 2. The van der Waals surface area contributed by atoms with E-state index in [4.69, 9.17) is 21.1 Å². The Morgan fingerprint density at radius 1 is 1.12 bits per heavy atom. The molecule has 1 atom stereocenters. The Hall–Kier alpha value is -1.01. The Bertz CT molecular complexity index is 570. The summed E-state index contributed by atoms with van der Waals surface area (Å²) < 4.78 is 11.5. The van der Waals surface area contributed by atoms with Gasteiger partial charge in [0.15, 0.2) is 11.5 Å². The molecule has 0 saturated carbocycles. The monoisotopic (exact) mass is 351 g/mol. The number of fused-ring (bicyclic) bond motifs is 1. The summed E-state index contributed by atoms with van der Waals surface area (Å²) in [7, 11) is 0. The van der Waals surface area contributed by atoms with Gasteiger partial charge in [0.1, 0.15) is 0 Å². The van der Waals surface area contributed by atoms with E-state index in [1.54, 1.807) is 0 Å². The van der Waals surface area contributed by atoms with E-state index in [1.165, 1.54) is 18.5 Å². The molecule has 4 rings (SSSR count). The van der Waals surface area contributed by atoms with E-state index in [9.17, 15) is 0 Å². The average Bonchev–Trinajstić information content (AvgIpc) is 3.01. The molecule has 1 unspecified atom stereocenters. The Morgan fingerprint density at radius 3 is 2.75 bits per heavy atom. The van der Waals surface area contributed by atoms with Gasteiger partial charge in [0.25, 0.3) is 0 Å². The smallest absolute Gasteiger partial charge is 0.179 e. The molecule has 3 aliphatic heterocycles. The Balaban J connectivity index is 1.37. The topological polar surface area (TPSA) is 37.0 Å². The molecule has 5 nitrogen and oxygen atoms in total. The Morgan fingerprint density at radius 2 is 1.96 bits per heavy atom. The molecule has 24 heavy (non-hydrogen) atoms. The van der Waals surface area contributed by atoms with Crippen molar-refractivity contribution in [3.05, 3.63) is 22.7 Å². The summed E-state index contributed by atoms with van der Waals surface area (Å²) in [6.45, 7) is 9.15. The molecule has 0 radical (unpaired) electrons. The fourth-order valence-electron chi connectivity index (χ4n) is 3.87. The number of hydrogen-bond donors (Lipinski definition) is 1. The maximum absolute atomic E-state index is 6.41. The maximum atomic E-state index is 6.41. The molecule has 0 aliphatic carbocycles. The first-order chi connectivity index (χ1) is 11.8. The summed E-state index contributed by atoms with van der Waals surface area (Å²) >= 11 is 6.41. The van der Waals surface area contributed by atoms with E-state index < -0.39 is 0 Å². The van der Waals surface area contributed by atoms with Gasteiger partial charge < -0.3 is 14.8 Å². The summed E-state index contributed by atoms with van der Waals surface area (Å²) in [4.78, 5) is 5.14. The molecular weight excluding hydrogens is 326 g/mol. The normalized spacial score (nSPS) is 25.6. The van der Waals surface area contributed by atoms with Crippen LogP contribution in [-0.4, -0.2) is 68.3 Å². The van der Waals surface area contributed by atoms with Crippen molar-refractivity contribution in [2.24, 2.45) is 0 Å². The number of nitrogens with one attached hydrogen (secondary N) is 1. The average molecular weight is 352 g/mol. The molecule has 0 aromatic heterocycles. The van der Waals surface area contributed by atoms with Gasteiger partial charge in [-0.1, -0.05) is 11.6 Å². The highest BCUT2D eigenvalue weighted by molar-refractivity contribution is 6.32. The van der Waals surface area contributed by atoms with Crippen LogP contribution < -0.4 is 14.8 Å². The zero-order valence-electron chi connectivity index (χ0n) is 14.1. The second kappa shape index (κ2) is 7.48. The molecule has 3 heterocycles. The SMILES string of the molecule is Clc1cc(CN2CCN(C3CCNC3)CC2)cc2c1OCCCO2. The van der Waals surface area contributed by atoms with Crippen LogP contribution in [0.25, 0.3) is 0 Å². The zero-order valence-corrected chi connectivity index (χ0v) is 14.9. The van der Waals surface area contributed by atoms with E-state index in [1.807, 2.05) is 6.07 Å². The number of nitrogens with zero attached hydrogens (tertiary/aromatic N) is 2. The summed E-state index contributed by atoms with van der Waals surface area (Å²) in [5.41, 5.74) is 1.21. The van der Waals surface area contributed by atoms with Crippen LogP contribution in [0.5, 0.6) is 11.5 Å². The Kier molecular flexibility index (Phi) is 5.13. The molecule has 0 bridgehead atoms. The minimum absolute atomic E-state index is 0.667. The van der Waals surface area contributed by atoms with Crippen LogP contribution in [0.15, 0.2) is 12.1 Å². The van der Waals surface area contributed by atoms with Crippen LogP contribution in [0.2, 0.25) is 5.02 Å². The van der Waals surface area contributed by atoms with Crippen molar-refractivity contribution < 1.29 is 9.47 Å². The third-order valence-corrected chi connectivity index (χ3v) is 5.51. The molecule has 0 spiro atoms. The molecule has 1 N–H and O–H groups in total. The highest BCUT2D eigenvalue weighted by atomic mass is 35.5. The largest absolute Gasteiger partial charge is 0.489 e. The van der Waals surface area contributed by atoms with Crippen molar-refractivity contribution >= 4 is 11.6 Å². The van der Waals surface area contributed by atoms with Gasteiger partial charge in [0, 0.05) is 51.7 Å². The Labute approximate surface area is 148 Å². The quantitative estimate of drug-likeness (QED) is 0.901. The van der Waals surface area contributed by atoms with Gasteiger partial charge in [-0.15, -0.1) is 0 Å². The van der Waals surface area contributed by atoms with E-state index in [0.29, 0.717) is 24.0 Å². The van der Waals surface area contributed by atoms with E-state index in [0.717, 1.165) is 57.5 Å². The lowest BCUT2D eigenvalue weighted by molar-refractivity contribution is 0.0981. The van der Waals surface area contributed by atoms with Crippen LogP contribution in [0, 0.1) is 0 Å². The lowest BCUT2D eigenvalue weighted by Crippen LogP contribution is -2.50. The summed E-state index contributed by atoms with van der Waals surface area (Å²) in [6.07, 6.45) is 2.19. The number of rotatable bonds is 3. The predicted octanol–water partition coefficient (Wildman–Crippen LogP) is 1.98. The van der Waals surface area contributed by atoms with Gasteiger partial charge in [0.2, 0.25) is 0 Å². The summed E-state index contributed by atoms with van der Waals surface area (Å²) in [5.74, 6) is 1.50. The molecule has 6 heteroatoms. The summed E-state index contributed by atoms with van der Waals surface area (Å²) in [6, 6.07) is 4.86. The second-order valence-electron chi connectivity index (χ2n) is 6.91. The van der Waals surface area contributed by atoms with Crippen LogP contribution in [-0.2, 0) is 6.54 Å². The highest BCUT2D eigenvalue weighted by Crippen LogP contribution is 2.38. The standard InChI is InChI=1S/C18H26ClN3O2/c19-16-10-14(11-17-18(16)24-9-1-8-23-17)13-21-4-6-22(7-5-21)15-2-3-20-12-15/h10-11,15,20H,1-9,12-13H2. The van der Waals surface area contributed by atoms with E-state index in [-0.39, 0.29) is 0 Å². The van der Waals surface area contributed by atoms with E-state index >= 15 is 0 Å². The van der Waals surface area contributed by atoms with Gasteiger partial charge in [-0.05, 0) is 30.7 Å². The van der Waals surface area contributed by atoms with Crippen molar-refractivity contribution in [1.82, 2.24) is 15.1 Å². The third-order valence-electron chi connectivity index (χ3n) is 5.23. The van der Waals surface area contributed by atoms with Gasteiger partial charge >= 0.3 is 0 Å². The van der Waals surface area contributed by atoms with Crippen LogP contribution in [0.4, 0.5) is 0 Å². The maximum Gasteiger partial charge on any atom is 0.179 e. The molecule has 2 saturated heterocycles. The van der Waals surface area contributed by atoms with Gasteiger partial charge in [-0.3, -0.25) is 9.80 Å². The lowest BCUT2D eigenvalue weighted by Gasteiger charge is -2.37. The molecular formula is C18H26ClN3O2. The van der Waals surface area contributed by atoms with Crippen molar-refractivity contribution in [3.8, 4) is 11.5 Å². The van der Waals surface area contributed by atoms with Crippen molar-refractivity contribution in [3.63, 3.8) is 0 Å². The number of piperazine rings is 1. The summed E-state index contributed by atoms with van der Waals surface area (Å²) in [5, 5.41) is 4.13. The molecule has 132 valence electrons. The van der Waals surface area contributed by atoms with E-state index in [2.05, 4.69) is 21.2 Å². The van der Waals surface area contributed by atoms with Crippen molar-refractivity contribution in [2.45, 2.75) is 25.4 Å². The van der Waals surface area contributed by atoms with Gasteiger partial charge in [0.05, 0.1) is 18.2 Å². The fraction of sp³-hybridized carbons (Fsp3) is 0.667. The first-order valence-corrected chi connectivity index (χ1v) is 9.42. The van der Waals surface area contributed by atoms with Crippen LogP contribution in [0.1, 0.15) is 18.4 Å². The van der Waals surface area contributed by atoms with Gasteiger partial charge in [-0.25, -0.2) is 0 Å². The van der Waals surface area contributed by atoms with Crippen LogP contribution in [0.3, 0.4) is 0 Å². The van der Waals surface area contributed by atoms with Crippen molar-refractivity contribution in [2.75, 3.05) is 52.5 Å². The second-order valence-corrected chi connectivity index (χ2v) is 7.32. The van der Waals surface area contributed by atoms with Gasteiger partial charge in [-0.2, -0.15) is 0 Å². The first-order valence-electron chi connectivity index (χ1n) is 9.05. The molecule has 1 aromatic carbocycles. The lowest BCUT2D eigenvalue weighted by atomic mass is 10.1. The molecule has 3 aliphatic rings. The minimum Gasteiger partial charge on any atom is -0.489 e. The fourth-order valence-corrected chi connectivity index (χ4v) is 4.16. The number of benzene rings is 1. The molecule has 2 fully saturated rings. The molecule has 1 aromatic rings. The minimum atomic E-state index is 0.667. The third kappa shape index (κ3) is 3.64. The number of hydrogen-bond acceptors (Lipinski definition) is 5. The van der Waals surface area contributed by atoms with Crippen molar-refractivity contribution in [1.29, 1.82) is 0 Å². The number of halogens is 1. The van der Waals surface area contributed by atoms with Crippen LogP contribution >= 0.6 is 11.6 Å². The first kappa shape index (κ1) is 16.5. The predicted molar refractivity (Wildman–Crippen MR) is 95.2 cm³/mol.